The van der Waals surface area contributed by atoms with Crippen LogP contribution < -0.4 is 5.73 Å². The molecule has 0 aliphatic carbocycles. The van der Waals surface area contributed by atoms with Gasteiger partial charge in [-0.3, -0.25) is 0 Å². The van der Waals surface area contributed by atoms with Gasteiger partial charge in [0.1, 0.15) is 0 Å². The second-order valence-corrected chi connectivity index (χ2v) is 1.78. The highest BCUT2D eigenvalue weighted by atomic mass is 35.5. The molecule has 0 bridgehead atoms. The smallest absolute Gasteiger partial charge is 0.0566 e. The molecule has 1 unspecified atom stereocenters. The third kappa shape index (κ3) is 8.87. The molecule has 0 saturated carbocycles. The van der Waals surface area contributed by atoms with Crippen LogP contribution >= 0.6 is 37.7 Å². The minimum Gasteiger partial charge on any atom is -0.319 e. The van der Waals surface area contributed by atoms with Gasteiger partial charge in [-0.05, 0) is 0 Å². The Morgan fingerprint density at radius 3 is 1.83 bits per heavy atom. The van der Waals surface area contributed by atoms with Gasteiger partial charge in [0.2, 0.25) is 0 Å². The molecule has 4 heteroatoms. The van der Waals surface area contributed by atoms with E-state index in [2.05, 4.69) is 25.3 Å². The molecule has 2 N–H and O–H groups in total. The molecule has 0 saturated heterocycles. The maximum atomic E-state index is 5.08. The van der Waals surface area contributed by atoms with E-state index in [4.69, 9.17) is 5.73 Å². The van der Waals surface area contributed by atoms with Gasteiger partial charge in [0.15, 0.2) is 0 Å². The molecule has 0 aliphatic heterocycles. The van der Waals surface area contributed by atoms with Crippen LogP contribution in [0.5, 0.6) is 0 Å². The van der Waals surface area contributed by atoms with Crippen molar-refractivity contribution in [3.63, 3.8) is 0 Å². The zero-order valence-electron chi connectivity index (χ0n) is 3.16. The summed E-state index contributed by atoms with van der Waals surface area (Å²) in [6.07, 6.45) is 0. The maximum absolute atomic E-state index is 5.08. The lowest BCUT2D eigenvalue weighted by molar-refractivity contribution is 1.08. The van der Waals surface area contributed by atoms with Crippen LogP contribution in [-0.4, -0.2) is 11.1 Å². The minimum atomic E-state index is -0.0571. The Bertz CT molecular complexity index is 25.5. The average molecular weight is 146 g/mol. The number of thiol groups is 2. The summed E-state index contributed by atoms with van der Waals surface area (Å²) >= 11 is 7.61. The number of nitrogens with two attached hydrogens (primary N) is 1. The topological polar surface area (TPSA) is 26.0 Å². The van der Waals surface area contributed by atoms with Gasteiger partial charge in [-0.2, -0.15) is 25.3 Å². The van der Waals surface area contributed by atoms with E-state index < -0.39 is 0 Å². The Labute approximate surface area is 54.9 Å². The molecule has 0 aromatic carbocycles. The number of halogens is 1. The van der Waals surface area contributed by atoms with Gasteiger partial charge in [0.25, 0.3) is 0 Å². The van der Waals surface area contributed by atoms with Crippen LogP contribution in [0.3, 0.4) is 0 Å². The van der Waals surface area contributed by atoms with E-state index >= 15 is 0 Å². The highest BCUT2D eigenvalue weighted by Crippen LogP contribution is 1.83. The van der Waals surface area contributed by atoms with E-state index in [1.807, 2.05) is 0 Å². The molecule has 0 aromatic heterocycles. The van der Waals surface area contributed by atoms with Crippen molar-refractivity contribution in [3.05, 3.63) is 0 Å². The summed E-state index contributed by atoms with van der Waals surface area (Å²) in [6.45, 7) is 0. The standard InChI is InChI=1S/C2H7NS2.ClH/c3-2(5)1-4;/h2,4-5H,1,3H2;1H. The quantitative estimate of drug-likeness (QED) is 0.365. The summed E-state index contributed by atoms with van der Waals surface area (Å²) < 4.78 is 0. The van der Waals surface area contributed by atoms with Gasteiger partial charge in [-0.25, -0.2) is 0 Å². The van der Waals surface area contributed by atoms with Crippen LogP contribution in [0.2, 0.25) is 0 Å². The molecular formula is C2H8ClNS2. The van der Waals surface area contributed by atoms with E-state index in [-0.39, 0.29) is 17.8 Å². The Balaban J connectivity index is 0. The molecule has 0 aliphatic rings. The van der Waals surface area contributed by atoms with Crippen LogP contribution in [0, 0.1) is 0 Å². The van der Waals surface area contributed by atoms with E-state index in [9.17, 15) is 0 Å². The fourth-order valence-electron chi connectivity index (χ4n) is 0. The predicted molar refractivity (Wildman–Crippen MR) is 38.1 cm³/mol. The third-order valence-corrected chi connectivity index (χ3v) is 1.05. The van der Waals surface area contributed by atoms with Crippen molar-refractivity contribution in [2.75, 3.05) is 5.75 Å². The summed E-state index contributed by atoms with van der Waals surface area (Å²) in [5, 5.41) is -0.0571. The van der Waals surface area contributed by atoms with Crippen LogP contribution in [0.15, 0.2) is 0 Å². The average Bonchev–Trinajstić information content (AvgIpc) is 1.38. The molecular weight excluding hydrogens is 138 g/mol. The molecule has 1 nitrogen and oxygen atoms in total. The summed E-state index contributed by atoms with van der Waals surface area (Å²) in [6, 6.07) is 0. The fourth-order valence-corrected chi connectivity index (χ4v) is 0. The molecule has 0 heterocycles. The Hall–Kier alpha value is 0.950. The molecule has 0 spiro atoms. The Morgan fingerprint density at radius 1 is 1.67 bits per heavy atom. The highest BCUT2D eigenvalue weighted by Gasteiger charge is 1.81. The molecule has 40 valence electrons. The summed E-state index contributed by atoms with van der Waals surface area (Å²) in [4.78, 5) is 0. The van der Waals surface area contributed by atoms with E-state index in [0.717, 1.165) is 0 Å². The first-order valence-corrected chi connectivity index (χ1v) is 2.46. The first-order valence-electron chi connectivity index (χ1n) is 1.32. The first kappa shape index (κ1) is 10.0. The highest BCUT2D eigenvalue weighted by molar-refractivity contribution is 7.84. The van der Waals surface area contributed by atoms with Gasteiger partial charge >= 0.3 is 0 Å². The monoisotopic (exact) mass is 145 g/mol. The zero-order chi connectivity index (χ0) is 4.28. The van der Waals surface area contributed by atoms with Gasteiger partial charge in [0.05, 0.1) is 5.37 Å². The van der Waals surface area contributed by atoms with Crippen LogP contribution in [0.25, 0.3) is 0 Å². The lowest BCUT2D eigenvalue weighted by atomic mass is 10.8. The van der Waals surface area contributed by atoms with Crippen LogP contribution in [-0.2, 0) is 0 Å². The lowest BCUT2D eigenvalue weighted by Gasteiger charge is -1.90. The first-order chi connectivity index (χ1) is 2.27. The molecule has 0 amide bonds. The lowest BCUT2D eigenvalue weighted by Crippen LogP contribution is -2.12. The largest absolute Gasteiger partial charge is 0.319 e. The van der Waals surface area contributed by atoms with Gasteiger partial charge < -0.3 is 5.73 Å². The molecule has 1 atom stereocenters. The van der Waals surface area contributed by atoms with Crippen molar-refractivity contribution in [2.45, 2.75) is 5.37 Å². The number of rotatable bonds is 1. The van der Waals surface area contributed by atoms with Gasteiger partial charge in [0, 0.05) is 5.75 Å². The van der Waals surface area contributed by atoms with Crippen LogP contribution in [0.1, 0.15) is 0 Å². The van der Waals surface area contributed by atoms with Crippen molar-refractivity contribution in [1.82, 2.24) is 0 Å². The van der Waals surface area contributed by atoms with E-state index in [1.165, 1.54) is 0 Å². The third-order valence-electron chi connectivity index (χ3n) is 0.187. The predicted octanol–water partition coefficient (Wildman–Crippen LogP) is 0.553. The van der Waals surface area contributed by atoms with Crippen molar-refractivity contribution in [2.24, 2.45) is 5.73 Å². The summed E-state index contributed by atoms with van der Waals surface area (Å²) in [5.74, 6) is 0.642. The van der Waals surface area contributed by atoms with Gasteiger partial charge in [-0.15, -0.1) is 12.4 Å². The zero-order valence-corrected chi connectivity index (χ0v) is 5.77. The van der Waals surface area contributed by atoms with Crippen molar-refractivity contribution < 1.29 is 0 Å². The van der Waals surface area contributed by atoms with Crippen molar-refractivity contribution >= 4 is 37.7 Å². The Morgan fingerprint density at radius 2 is 1.83 bits per heavy atom. The normalized spacial score (nSPS) is 12.5. The van der Waals surface area contributed by atoms with Crippen molar-refractivity contribution in [1.29, 1.82) is 0 Å². The molecule has 0 rings (SSSR count). The SMILES string of the molecule is Cl.NC(S)CS. The molecule has 0 aromatic rings. The summed E-state index contributed by atoms with van der Waals surface area (Å²) in [5.41, 5.74) is 5.08. The van der Waals surface area contributed by atoms with Crippen molar-refractivity contribution in [3.8, 4) is 0 Å². The van der Waals surface area contributed by atoms with E-state index in [1.54, 1.807) is 0 Å². The minimum absolute atomic E-state index is 0. The Kier molecular flexibility index (Phi) is 9.96. The fraction of sp³-hybridized carbons (Fsp3) is 1.00. The molecule has 0 fully saturated rings. The second kappa shape index (κ2) is 5.95. The van der Waals surface area contributed by atoms with E-state index in [0.29, 0.717) is 5.75 Å². The maximum Gasteiger partial charge on any atom is 0.0566 e. The van der Waals surface area contributed by atoms with Gasteiger partial charge in [-0.1, -0.05) is 0 Å². The summed E-state index contributed by atoms with van der Waals surface area (Å²) in [7, 11) is 0. The molecule has 0 radical (unpaired) electrons. The second-order valence-electron chi connectivity index (χ2n) is 0.750. The number of hydrogen-bond acceptors (Lipinski definition) is 3. The van der Waals surface area contributed by atoms with Crippen LogP contribution in [0.4, 0.5) is 0 Å². The number of hydrogen-bond donors (Lipinski definition) is 3. The molecule has 6 heavy (non-hydrogen) atoms.